The third kappa shape index (κ3) is 5.85. The lowest BCUT2D eigenvalue weighted by atomic mass is 10.2. The number of fused-ring (bicyclic) bond motifs is 1. The summed E-state index contributed by atoms with van der Waals surface area (Å²) >= 11 is 6.93. The first-order valence-corrected chi connectivity index (χ1v) is 12.3. The number of benzene rings is 2. The standard InChI is InChI=1S/C24H25Br2N3O5/c1-5-7-22-28-19-9-8-16(25)11-17(19)23(30)29(22)27-13-15-10-20(33-6-2)21(12-18(15)26)34-14(3)24(31)32-4/h8-14H,5-7H2,1-4H3/t14-/m1/s1. The minimum atomic E-state index is -0.811. The van der Waals surface area contributed by atoms with Crippen LogP contribution in [0.3, 0.4) is 0 Å². The van der Waals surface area contributed by atoms with Gasteiger partial charge in [-0.05, 0) is 66.5 Å². The van der Waals surface area contributed by atoms with Gasteiger partial charge in [0.25, 0.3) is 5.56 Å². The van der Waals surface area contributed by atoms with Gasteiger partial charge in [-0.1, -0.05) is 22.9 Å². The predicted molar refractivity (Wildman–Crippen MR) is 138 cm³/mol. The van der Waals surface area contributed by atoms with Gasteiger partial charge in [0, 0.05) is 20.9 Å². The summed E-state index contributed by atoms with van der Waals surface area (Å²) in [6, 6.07) is 8.83. The Balaban J connectivity index is 2.05. The first-order valence-electron chi connectivity index (χ1n) is 10.7. The van der Waals surface area contributed by atoms with Gasteiger partial charge in [0.05, 0.1) is 30.8 Å². The number of ether oxygens (including phenoxy) is 3. The van der Waals surface area contributed by atoms with Gasteiger partial charge in [0.15, 0.2) is 17.6 Å². The molecule has 0 saturated heterocycles. The Kier molecular flexibility index (Phi) is 8.84. The van der Waals surface area contributed by atoms with E-state index >= 15 is 0 Å². The van der Waals surface area contributed by atoms with Crippen molar-refractivity contribution in [3.05, 3.63) is 61.0 Å². The molecule has 8 nitrogen and oxygen atoms in total. The summed E-state index contributed by atoms with van der Waals surface area (Å²) in [6.45, 7) is 5.85. The van der Waals surface area contributed by atoms with Gasteiger partial charge in [-0.25, -0.2) is 9.78 Å². The van der Waals surface area contributed by atoms with Gasteiger partial charge in [0.1, 0.15) is 5.82 Å². The molecule has 1 aromatic heterocycles. The summed E-state index contributed by atoms with van der Waals surface area (Å²) in [4.78, 5) is 29.6. The molecule has 3 aromatic rings. The molecule has 0 unspecified atom stereocenters. The molecule has 0 saturated carbocycles. The molecule has 0 bridgehead atoms. The zero-order valence-electron chi connectivity index (χ0n) is 19.3. The van der Waals surface area contributed by atoms with E-state index in [4.69, 9.17) is 14.2 Å². The highest BCUT2D eigenvalue weighted by molar-refractivity contribution is 9.10. The molecule has 0 aliphatic carbocycles. The molecule has 0 amide bonds. The largest absolute Gasteiger partial charge is 0.490 e. The molecule has 0 N–H and O–H groups in total. The van der Waals surface area contributed by atoms with Crippen molar-refractivity contribution >= 4 is 54.9 Å². The quantitative estimate of drug-likeness (QED) is 0.253. The third-order valence-corrected chi connectivity index (χ3v) is 6.04. The Labute approximate surface area is 214 Å². The van der Waals surface area contributed by atoms with E-state index in [1.165, 1.54) is 11.8 Å². The number of hydrogen-bond acceptors (Lipinski definition) is 7. The van der Waals surface area contributed by atoms with Crippen LogP contribution >= 0.6 is 31.9 Å². The fourth-order valence-electron chi connectivity index (χ4n) is 3.23. The second-order valence-electron chi connectivity index (χ2n) is 7.34. The van der Waals surface area contributed by atoms with E-state index < -0.39 is 12.1 Å². The second-order valence-corrected chi connectivity index (χ2v) is 9.11. The maximum atomic E-state index is 13.2. The molecule has 1 atom stereocenters. The molecule has 0 aliphatic rings. The number of rotatable bonds is 9. The van der Waals surface area contributed by atoms with Crippen LogP contribution in [0.4, 0.5) is 0 Å². The fourth-order valence-corrected chi connectivity index (χ4v) is 4.02. The van der Waals surface area contributed by atoms with E-state index in [0.29, 0.717) is 51.3 Å². The van der Waals surface area contributed by atoms with E-state index in [1.807, 2.05) is 26.0 Å². The van der Waals surface area contributed by atoms with Gasteiger partial charge in [-0.15, -0.1) is 0 Å². The van der Waals surface area contributed by atoms with E-state index in [1.54, 1.807) is 31.3 Å². The Morgan fingerprint density at radius 1 is 1.21 bits per heavy atom. The monoisotopic (exact) mass is 593 g/mol. The van der Waals surface area contributed by atoms with Crippen LogP contribution in [0.1, 0.15) is 38.6 Å². The van der Waals surface area contributed by atoms with Gasteiger partial charge in [-0.3, -0.25) is 4.79 Å². The number of methoxy groups -OCH3 is 1. The fraction of sp³-hybridized carbons (Fsp3) is 0.333. The highest BCUT2D eigenvalue weighted by atomic mass is 79.9. The van der Waals surface area contributed by atoms with Crippen molar-refractivity contribution < 1.29 is 19.0 Å². The second kappa shape index (κ2) is 11.6. The van der Waals surface area contributed by atoms with Crippen molar-refractivity contribution in [2.75, 3.05) is 13.7 Å². The zero-order chi connectivity index (χ0) is 24.8. The minimum Gasteiger partial charge on any atom is -0.490 e. The Morgan fingerprint density at radius 3 is 2.65 bits per heavy atom. The molecule has 1 heterocycles. The Hall–Kier alpha value is -2.72. The Morgan fingerprint density at radius 2 is 1.97 bits per heavy atom. The van der Waals surface area contributed by atoms with Gasteiger partial charge in [0.2, 0.25) is 0 Å². The van der Waals surface area contributed by atoms with E-state index in [2.05, 4.69) is 41.9 Å². The molecular weight excluding hydrogens is 570 g/mol. The predicted octanol–water partition coefficient (Wildman–Crippen LogP) is 5.10. The number of carbonyl (C=O) groups excluding carboxylic acids is 1. The first-order chi connectivity index (χ1) is 16.3. The van der Waals surface area contributed by atoms with Crippen molar-refractivity contribution in [3.63, 3.8) is 0 Å². The van der Waals surface area contributed by atoms with Crippen molar-refractivity contribution in [2.45, 2.75) is 39.7 Å². The number of aromatic nitrogens is 2. The lowest BCUT2D eigenvalue weighted by Gasteiger charge is -2.17. The Bertz CT molecular complexity index is 1290. The smallest absolute Gasteiger partial charge is 0.346 e. The van der Waals surface area contributed by atoms with E-state index in [0.717, 1.165) is 10.9 Å². The number of nitrogens with zero attached hydrogens (tertiary/aromatic N) is 3. The molecular formula is C24H25Br2N3O5. The first kappa shape index (κ1) is 25.9. The number of aryl methyl sites for hydroxylation is 1. The van der Waals surface area contributed by atoms with Gasteiger partial charge in [-0.2, -0.15) is 9.78 Å². The topological polar surface area (TPSA) is 92.0 Å². The highest BCUT2D eigenvalue weighted by Crippen LogP contribution is 2.34. The number of esters is 1. The summed E-state index contributed by atoms with van der Waals surface area (Å²) in [7, 11) is 1.30. The molecule has 10 heteroatoms. The van der Waals surface area contributed by atoms with Crippen LogP contribution in [0.25, 0.3) is 10.9 Å². The van der Waals surface area contributed by atoms with E-state index in [9.17, 15) is 9.59 Å². The SMILES string of the molecule is CCCc1nc2ccc(Br)cc2c(=O)n1N=Cc1cc(OCC)c(O[C@H](C)C(=O)OC)cc1Br. The zero-order valence-corrected chi connectivity index (χ0v) is 22.5. The van der Waals surface area contributed by atoms with E-state index in [-0.39, 0.29) is 5.56 Å². The van der Waals surface area contributed by atoms with Crippen LogP contribution in [0.5, 0.6) is 11.5 Å². The summed E-state index contributed by atoms with van der Waals surface area (Å²) in [6.07, 6.45) is 2.16. The van der Waals surface area contributed by atoms with Crippen LogP contribution in [0.2, 0.25) is 0 Å². The van der Waals surface area contributed by atoms with Crippen LogP contribution in [-0.4, -0.2) is 41.7 Å². The van der Waals surface area contributed by atoms with Crippen LogP contribution in [0, 0.1) is 0 Å². The normalized spacial score (nSPS) is 12.2. The third-order valence-electron chi connectivity index (χ3n) is 4.86. The molecule has 180 valence electrons. The van der Waals surface area contributed by atoms with Crippen molar-refractivity contribution in [1.29, 1.82) is 0 Å². The summed E-state index contributed by atoms with van der Waals surface area (Å²) < 4.78 is 18.9. The van der Waals surface area contributed by atoms with Gasteiger partial charge >= 0.3 is 5.97 Å². The highest BCUT2D eigenvalue weighted by Gasteiger charge is 2.19. The number of hydrogen-bond donors (Lipinski definition) is 0. The van der Waals surface area contributed by atoms with Gasteiger partial charge < -0.3 is 14.2 Å². The lowest BCUT2D eigenvalue weighted by Crippen LogP contribution is -2.25. The molecule has 34 heavy (non-hydrogen) atoms. The van der Waals surface area contributed by atoms with Crippen LogP contribution in [0.15, 0.2) is 49.2 Å². The van der Waals surface area contributed by atoms with Crippen LogP contribution in [-0.2, 0) is 16.0 Å². The minimum absolute atomic E-state index is 0.251. The average molecular weight is 595 g/mol. The number of carbonyl (C=O) groups is 1. The van der Waals surface area contributed by atoms with Crippen molar-refractivity contribution in [2.24, 2.45) is 5.10 Å². The van der Waals surface area contributed by atoms with Crippen LogP contribution < -0.4 is 15.0 Å². The number of halogens is 2. The summed E-state index contributed by atoms with van der Waals surface area (Å²) in [5.74, 6) is 0.892. The summed E-state index contributed by atoms with van der Waals surface area (Å²) in [5.41, 5.74) is 1.04. The van der Waals surface area contributed by atoms with Crippen molar-refractivity contribution in [1.82, 2.24) is 9.66 Å². The molecule has 3 rings (SSSR count). The molecule has 2 aromatic carbocycles. The maximum absolute atomic E-state index is 13.2. The molecule has 0 radical (unpaired) electrons. The van der Waals surface area contributed by atoms with Crippen molar-refractivity contribution in [3.8, 4) is 11.5 Å². The maximum Gasteiger partial charge on any atom is 0.346 e. The summed E-state index contributed by atoms with van der Waals surface area (Å²) in [5, 5.41) is 4.94. The molecule has 0 aliphatic heterocycles. The lowest BCUT2D eigenvalue weighted by molar-refractivity contribution is -0.147. The average Bonchev–Trinajstić information content (AvgIpc) is 2.81. The molecule has 0 spiro atoms. The molecule has 0 fully saturated rings.